The Morgan fingerprint density at radius 1 is 1.24 bits per heavy atom. The van der Waals surface area contributed by atoms with Crippen molar-refractivity contribution in [2.45, 2.75) is 32.7 Å². The maximum Gasteiger partial charge on any atom is 0.270 e. The van der Waals surface area contributed by atoms with Crippen molar-refractivity contribution in [1.82, 2.24) is 25.2 Å². The van der Waals surface area contributed by atoms with E-state index in [9.17, 15) is 9.59 Å². The summed E-state index contributed by atoms with van der Waals surface area (Å²) in [6.45, 7) is 5.34. The summed E-state index contributed by atoms with van der Waals surface area (Å²) in [7, 11) is 3.24. The molecule has 1 aliphatic rings. The van der Waals surface area contributed by atoms with Gasteiger partial charge in [0.2, 0.25) is 0 Å². The molecule has 1 unspecified atom stereocenters. The monoisotopic (exact) mass is 468 g/mol. The van der Waals surface area contributed by atoms with Crippen molar-refractivity contribution < 1.29 is 19.0 Å². The van der Waals surface area contributed by atoms with E-state index in [1.165, 1.54) is 6.07 Å². The van der Waals surface area contributed by atoms with Crippen molar-refractivity contribution in [3.8, 4) is 22.8 Å². The number of aromatic amines is 1. The molecule has 34 heavy (non-hydrogen) atoms. The highest BCUT2D eigenvalue weighted by molar-refractivity contribution is 6.03. The van der Waals surface area contributed by atoms with Crippen molar-refractivity contribution in [2.75, 3.05) is 32.8 Å². The molecule has 0 spiro atoms. The number of nitrogens with zero attached hydrogens (tertiary/aromatic N) is 4. The Bertz CT molecular complexity index is 1220. The molecule has 2 N–H and O–H groups in total. The highest BCUT2D eigenvalue weighted by atomic mass is 16.5. The van der Waals surface area contributed by atoms with Gasteiger partial charge in [0.1, 0.15) is 5.56 Å². The first-order valence-corrected chi connectivity index (χ1v) is 11.1. The van der Waals surface area contributed by atoms with E-state index < -0.39 is 11.3 Å². The van der Waals surface area contributed by atoms with Gasteiger partial charge in [0.15, 0.2) is 16.9 Å². The number of anilines is 1. The summed E-state index contributed by atoms with van der Waals surface area (Å²) in [5.41, 5.74) is 2.27. The predicted octanol–water partition coefficient (Wildman–Crippen LogP) is 2.46. The van der Waals surface area contributed by atoms with Gasteiger partial charge in [-0.05, 0) is 35.2 Å². The summed E-state index contributed by atoms with van der Waals surface area (Å²) in [5, 5.41) is 15.6. The second kappa shape index (κ2) is 10.0. The first-order chi connectivity index (χ1) is 16.4. The molecule has 1 aliphatic heterocycles. The lowest BCUT2D eigenvalue weighted by Gasteiger charge is -2.34. The summed E-state index contributed by atoms with van der Waals surface area (Å²) in [4.78, 5) is 25.7. The number of H-pyrrole nitrogens is 1. The van der Waals surface area contributed by atoms with Gasteiger partial charge in [-0.25, -0.2) is 0 Å². The van der Waals surface area contributed by atoms with Gasteiger partial charge in [-0.15, -0.1) is 5.10 Å². The fourth-order valence-corrected chi connectivity index (χ4v) is 4.14. The van der Waals surface area contributed by atoms with Gasteiger partial charge in [0, 0.05) is 44.0 Å². The predicted molar refractivity (Wildman–Crippen MR) is 124 cm³/mol. The number of carbonyl (C=O) groups is 1. The third kappa shape index (κ3) is 4.65. The van der Waals surface area contributed by atoms with Crippen LogP contribution in [0.15, 0.2) is 29.2 Å². The van der Waals surface area contributed by atoms with E-state index in [0.717, 1.165) is 23.2 Å². The average Bonchev–Trinajstić information content (AvgIpc) is 3.33. The number of nitrogens with one attached hydrogen (secondary N) is 2. The van der Waals surface area contributed by atoms with E-state index in [1.807, 2.05) is 16.7 Å². The molecule has 0 saturated carbocycles. The highest BCUT2D eigenvalue weighted by Crippen LogP contribution is 2.42. The Morgan fingerprint density at radius 2 is 2.06 bits per heavy atom. The van der Waals surface area contributed by atoms with Crippen LogP contribution in [0, 0.1) is 5.92 Å². The molecule has 0 fully saturated rings. The van der Waals surface area contributed by atoms with Crippen molar-refractivity contribution in [1.29, 1.82) is 0 Å². The molecule has 11 nitrogen and oxygen atoms in total. The van der Waals surface area contributed by atoms with Crippen molar-refractivity contribution in [3.05, 3.63) is 45.7 Å². The molecular formula is C23H28N6O5. The standard InChI is InChI=1S/C23H28N6O5/c1-13(2)17-8-14-9-21(34-7-5-6-32-3)20(33-4)10-15(14)18-11-19(30)16(12-29(17)18)22(31)24-23-25-27-28-26-23/h9-13,17H,5-8H2,1-4H3,(H2,24,25,26,27,28,31). The van der Waals surface area contributed by atoms with Gasteiger partial charge >= 0.3 is 0 Å². The minimum atomic E-state index is -0.590. The molecule has 0 radical (unpaired) electrons. The summed E-state index contributed by atoms with van der Waals surface area (Å²) >= 11 is 0. The number of amides is 1. The lowest BCUT2D eigenvalue weighted by atomic mass is 9.87. The first kappa shape index (κ1) is 23.4. The number of hydrogen-bond acceptors (Lipinski definition) is 8. The minimum absolute atomic E-state index is 0.000593. The molecule has 0 saturated heterocycles. The fourth-order valence-electron chi connectivity index (χ4n) is 4.14. The van der Waals surface area contributed by atoms with Crippen LogP contribution in [0.25, 0.3) is 11.3 Å². The maximum atomic E-state index is 13.0. The number of benzene rings is 1. The van der Waals surface area contributed by atoms with E-state index in [2.05, 4.69) is 39.8 Å². The second-order valence-corrected chi connectivity index (χ2v) is 8.40. The largest absolute Gasteiger partial charge is 0.493 e. The molecule has 11 heteroatoms. The molecule has 0 bridgehead atoms. The molecule has 3 heterocycles. The SMILES string of the molecule is COCCCOc1cc2c(cc1OC)-c1cc(=O)c(C(=O)Nc3nn[nH]n3)cn1C(C(C)C)C2. The van der Waals surface area contributed by atoms with Gasteiger partial charge < -0.3 is 18.8 Å². The molecule has 4 rings (SSSR count). The van der Waals surface area contributed by atoms with E-state index in [4.69, 9.17) is 14.2 Å². The zero-order valence-electron chi connectivity index (χ0n) is 19.6. The second-order valence-electron chi connectivity index (χ2n) is 8.40. The molecule has 1 amide bonds. The van der Waals surface area contributed by atoms with Gasteiger partial charge in [-0.2, -0.15) is 5.21 Å². The summed E-state index contributed by atoms with van der Waals surface area (Å²) < 4.78 is 18.6. The van der Waals surface area contributed by atoms with Gasteiger partial charge in [-0.1, -0.05) is 18.9 Å². The van der Waals surface area contributed by atoms with Crippen LogP contribution in [0.2, 0.25) is 0 Å². The Kier molecular flexibility index (Phi) is 6.92. The average molecular weight is 469 g/mol. The van der Waals surface area contributed by atoms with Gasteiger partial charge in [0.05, 0.1) is 19.4 Å². The Balaban J connectivity index is 1.74. The van der Waals surface area contributed by atoms with Crippen molar-refractivity contribution in [2.24, 2.45) is 5.92 Å². The van der Waals surface area contributed by atoms with E-state index >= 15 is 0 Å². The number of carbonyl (C=O) groups excluding carboxylic acids is 1. The minimum Gasteiger partial charge on any atom is -0.493 e. The van der Waals surface area contributed by atoms with Crippen LogP contribution in [0.1, 0.15) is 42.2 Å². The number of tetrazole rings is 1. The fraction of sp³-hybridized carbons (Fsp3) is 0.435. The van der Waals surface area contributed by atoms with Crippen molar-refractivity contribution in [3.63, 3.8) is 0 Å². The molecule has 2 aromatic heterocycles. The number of aromatic nitrogens is 5. The summed E-state index contributed by atoms with van der Waals surface area (Å²) in [5.74, 6) is 0.896. The normalized spacial score (nSPS) is 14.4. The van der Waals surface area contributed by atoms with Crippen molar-refractivity contribution >= 4 is 11.9 Å². The Hall–Kier alpha value is -3.73. The number of ether oxygens (including phenoxy) is 3. The smallest absolute Gasteiger partial charge is 0.270 e. The third-order valence-electron chi connectivity index (χ3n) is 5.87. The quantitative estimate of drug-likeness (QED) is 0.458. The van der Waals surface area contributed by atoms with Crippen LogP contribution >= 0.6 is 0 Å². The van der Waals surface area contributed by atoms with Crippen LogP contribution in [0.4, 0.5) is 5.95 Å². The molecular weight excluding hydrogens is 440 g/mol. The number of fused-ring (bicyclic) bond motifs is 3. The third-order valence-corrected chi connectivity index (χ3v) is 5.87. The zero-order chi connectivity index (χ0) is 24.2. The maximum absolute atomic E-state index is 13.0. The number of pyridine rings is 1. The number of methoxy groups -OCH3 is 2. The lowest BCUT2D eigenvalue weighted by Crippen LogP contribution is -2.30. The van der Waals surface area contributed by atoms with Gasteiger partial charge in [-0.3, -0.25) is 14.9 Å². The van der Waals surface area contributed by atoms with E-state index in [1.54, 1.807) is 20.4 Å². The Morgan fingerprint density at radius 3 is 2.74 bits per heavy atom. The van der Waals surface area contributed by atoms with Crippen LogP contribution < -0.4 is 20.2 Å². The van der Waals surface area contributed by atoms with Crippen LogP contribution in [-0.4, -0.2) is 58.5 Å². The summed E-state index contributed by atoms with van der Waals surface area (Å²) in [6.07, 6.45) is 3.09. The van der Waals surface area contributed by atoms with E-state index in [0.29, 0.717) is 31.1 Å². The molecule has 0 aliphatic carbocycles. The van der Waals surface area contributed by atoms with Crippen LogP contribution in [-0.2, 0) is 11.2 Å². The number of hydrogen-bond donors (Lipinski definition) is 2. The first-order valence-electron chi connectivity index (χ1n) is 11.1. The van der Waals surface area contributed by atoms with Gasteiger partial charge in [0.25, 0.3) is 11.9 Å². The lowest BCUT2D eigenvalue weighted by molar-refractivity contribution is 0.102. The molecule has 1 atom stereocenters. The number of rotatable bonds is 9. The molecule has 180 valence electrons. The zero-order valence-corrected chi connectivity index (χ0v) is 19.6. The molecule has 1 aromatic carbocycles. The molecule has 3 aromatic rings. The topological polar surface area (TPSA) is 133 Å². The highest BCUT2D eigenvalue weighted by Gasteiger charge is 2.29. The van der Waals surface area contributed by atoms with Crippen LogP contribution in [0.5, 0.6) is 11.5 Å². The van der Waals surface area contributed by atoms with Crippen LogP contribution in [0.3, 0.4) is 0 Å². The summed E-state index contributed by atoms with van der Waals surface area (Å²) in [6, 6.07) is 5.41. The Labute approximate surface area is 196 Å². The van der Waals surface area contributed by atoms with E-state index in [-0.39, 0.29) is 23.5 Å².